The fraction of sp³-hybridized carbons (Fsp3) is 0.200. The highest BCUT2D eigenvalue weighted by atomic mass is 16.2. The molecule has 0 unspecified atom stereocenters. The molecule has 9 heavy (non-hydrogen) atoms. The Hall–Kier alpha value is -1.41. The van der Waals surface area contributed by atoms with E-state index in [-0.39, 0.29) is 12.3 Å². The molecule has 0 aliphatic carbocycles. The third-order valence-electron chi connectivity index (χ3n) is 0.799. The van der Waals surface area contributed by atoms with Crippen LogP contribution in [0.5, 0.6) is 0 Å². The van der Waals surface area contributed by atoms with Gasteiger partial charge in [-0.1, -0.05) is 0 Å². The molecule has 0 bridgehead atoms. The van der Waals surface area contributed by atoms with E-state index in [0.717, 1.165) is 0 Å². The van der Waals surface area contributed by atoms with Crippen LogP contribution in [-0.2, 0) is 9.59 Å². The Morgan fingerprint density at radius 3 is 3.22 bits per heavy atom. The van der Waals surface area contributed by atoms with E-state index in [1.807, 2.05) is 0 Å². The van der Waals surface area contributed by atoms with Crippen molar-refractivity contribution in [3.8, 4) is 0 Å². The highest BCUT2D eigenvalue weighted by molar-refractivity contribution is 6.01. The van der Waals surface area contributed by atoms with Crippen LogP contribution in [0.25, 0.3) is 0 Å². The molecule has 46 valence electrons. The monoisotopic (exact) mass is 124 g/mol. The molecule has 4 nitrogen and oxygen atoms in total. The van der Waals surface area contributed by atoms with Gasteiger partial charge in [0, 0.05) is 5.87 Å². The standard InChI is InChI=1S/C5H4N2O2/c8-4-3-5(9)7-2-1-6-4/h1H,3H2,(H,6,8). The number of nitrogens with one attached hydrogen (secondary N) is 1. The van der Waals surface area contributed by atoms with E-state index in [1.165, 1.54) is 6.20 Å². The van der Waals surface area contributed by atoms with Crippen LogP contribution in [0.3, 0.4) is 0 Å². The molecule has 1 aliphatic heterocycles. The topological polar surface area (TPSA) is 58.5 Å². The van der Waals surface area contributed by atoms with Crippen LogP contribution in [0.4, 0.5) is 0 Å². The van der Waals surface area contributed by atoms with E-state index < -0.39 is 5.91 Å². The molecular weight excluding hydrogens is 120 g/mol. The Morgan fingerprint density at radius 2 is 2.44 bits per heavy atom. The normalized spacial score (nSPS) is 17.3. The molecule has 1 rings (SSSR count). The summed E-state index contributed by atoms with van der Waals surface area (Å²) >= 11 is 0. The van der Waals surface area contributed by atoms with Gasteiger partial charge in [-0.25, -0.2) is 0 Å². The highest BCUT2D eigenvalue weighted by Gasteiger charge is 2.07. The first-order valence-electron chi connectivity index (χ1n) is 2.39. The summed E-state index contributed by atoms with van der Waals surface area (Å²) in [7, 11) is 0. The van der Waals surface area contributed by atoms with Crippen molar-refractivity contribution >= 4 is 17.7 Å². The Kier molecular flexibility index (Phi) is 1.42. The molecule has 1 heterocycles. The predicted molar refractivity (Wildman–Crippen MR) is 29.8 cm³/mol. The van der Waals surface area contributed by atoms with E-state index in [9.17, 15) is 9.59 Å². The molecule has 0 atom stereocenters. The van der Waals surface area contributed by atoms with Gasteiger partial charge in [-0.2, -0.15) is 4.99 Å². The molecule has 0 saturated carbocycles. The number of aliphatic imine (C=N–C) groups is 1. The summed E-state index contributed by atoms with van der Waals surface area (Å²) in [6.07, 6.45) is 1.04. The molecule has 0 aromatic carbocycles. The van der Waals surface area contributed by atoms with Crippen LogP contribution in [0.15, 0.2) is 11.2 Å². The summed E-state index contributed by atoms with van der Waals surface area (Å²) in [6, 6.07) is 0. The third kappa shape index (κ3) is 1.51. The SMILES string of the molecule is O=C1CC(=O)NC=C=N1. The van der Waals surface area contributed by atoms with Crippen LogP contribution < -0.4 is 5.32 Å². The Morgan fingerprint density at radius 1 is 1.67 bits per heavy atom. The second kappa shape index (κ2) is 2.24. The van der Waals surface area contributed by atoms with Gasteiger partial charge in [-0.05, 0) is 0 Å². The van der Waals surface area contributed by atoms with Crippen molar-refractivity contribution in [3.05, 3.63) is 6.20 Å². The third-order valence-corrected chi connectivity index (χ3v) is 0.799. The maximum absolute atomic E-state index is 10.4. The van der Waals surface area contributed by atoms with Gasteiger partial charge in [0.1, 0.15) is 6.42 Å². The zero-order chi connectivity index (χ0) is 6.69. The van der Waals surface area contributed by atoms with Crippen molar-refractivity contribution in [2.75, 3.05) is 0 Å². The number of hydrogen-bond acceptors (Lipinski definition) is 2. The minimum absolute atomic E-state index is 0.177. The molecule has 0 aromatic rings. The van der Waals surface area contributed by atoms with Gasteiger partial charge in [0.2, 0.25) is 5.91 Å². The molecule has 4 heteroatoms. The maximum atomic E-state index is 10.4. The van der Waals surface area contributed by atoms with E-state index in [2.05, 4.69) is 16.2 Å². The van der Waals surface area contributed by atoms with Gasteiger partial charge in [0.05, 0.1) is 6.20 Å². The first-order valence-corrected chi connectivity index (χ1v) is 2.39. The quantitative estimate of drug-likeness (QED) is 0.430. The first kappa shape index (κ1) is 5.72. The van der Waals surface area contributed by atoms with Crippen molar-refractivity contribution in [1.82, 2.24) is 5.32 Å². The van der Waals surface area contributed by atoms with Gasteiger partial charge >= 0.3 is 0 Å². The largest absolute Gasteiger partial charge is 0.324 e. The van der Waals surface area contributed by atoms with E-state index in [4.69, 9.17) is 0 Å². The van der Waals surface area contributed by atoms with Gasteiger partial charge in [-0.3, -0.25) is 9.59 Å². The molecule has 0 aromatic heterocycles. The van der Waals surface area contributed by atoms with Crippen molar-refractivity contribution in [3.63, 3.8) is 0 Å². The fourth-order valence-corrected chi connectivity index (χ4v) is 0.445. The minimum atomic E-state index is -0.457. The number of hydrogen-bond donors (Lipinski definition) is 1. The van der Waals surface area contributed by atoms with Crippen molar-refractivity contribution in [2.24, 2.45) is 4.99 Å². The average molecular weight is 124 g/mol. The van der Waals surface area contributed by atoms with Crippen molar-refractivity contribution in [2.45, 2.75) is 6.42 Å². The van der Waals surface area contributed by atoms with Gasteiger partial charge in [0.15, 0.2) is 0 Å². The number of nitrogens with zero attached hydrogens (tertiary/aromatic N) is 1. The smallest absolute Gasteiger partial charge is 0.263 e. The maximum Gasteiger partial charge on any atom is 0.263 e. The molecule has 1 N–H and O–H groups in total. The Bertz CT molecular complexity index is 213. The molecule has 0 spiro atoms. The lowest BCUT2D eigenvalue weighted by molar-refractivity contribution is -0.126. The molecule has 1 aliphatic rings. The number of amides is 2. The average Bonchev–Trinajstić information content (AvgIpc) is 1.93. The van der Waals surface area contributed by atoms with Crippen LogP contribution in [0.2, 0.25) is 0 Å². The highest BCUT2D eigenvalue weighted by Crippen LogP contribution is 1.85. The minimum Gasteiger partial charge on any atom is -0.324 e. The zero-order valence-corrected chi connectivity index (χ0v) is 4.55. The summed E-state index contributed by atoms with van der Waals surface area (Å²) in [5, 5.41) is 2.29. The second-order valence-electron chi connectivity index (χ2n) is 1.52. The van der Waals surface area contributed by atoms with Crippen molar-refractivity contribution < 1.29 is 9.59 Å². The zero-order valence-electron chi connectivity index (χ0n) is 4.55. The lowest BCUT2D eigenvalue weighted by Gasteiger charge is -1.88. The van der Waals surface area contributed by atoms with Gasteiger partial charge < -0.3 is 5.32 Å². The number of rotatable bonds is 0. The van der Waals surface area contributed by atoms with Gasteiger partial charge in [-0.15, -0.1) is 0 Å². The summed E-state index contributed by atoms with van der Waals surface area (Å²) in [6.45, 7) is 0. The fourth-order valence-electron chi connectivity index (χ4n) is 0.445. The number of carbonyl (C=O) groups is 2. The predicted octanol–water partition coefficient (Wildman–Crippen LogP) is -0.784. The number of carbonyl (C=O) groups excluding carboxylic acids is 2. The molecule has 0 fully saturated rings. The molecule has 2 amide bonds. The van der Waals surface area contributed by atoms with Crippen molar-refractivity contribution in [1.29, 1.82) is 0 Å². The van der Waals surface area contributed by atoms with Crippen LogP contribution in [0.1, 0.15) is 6.42 Å². The Balaban J connectivity index is 2.76. The van der Waals surface area contributed by atoms with Crippen LogP contribution >= 0.6 is 0 Å². The summed E-state index contributed by atoms with van der Waals surface area (Å²) in [5.74, 6) is 1.45. The van der Waals surface area contributed by atoms with Crippen LogP contribution in [0, 0.1) is 0 Å². The van der Waals surface area contributed by atoms with E-state index in [1.54, 1.807) is 0 Å². The summed E-state index contributed by atoms with van der Waals surface area (Å²) < 4.78 is 0. The Labute approximate surface area is 51.3 Å². The van der Waals surface area contributed by atoms with E-state index in [0.29, 0.717) is 0 Å². The summed E-state index contributed by atoms with van der Waals surface area (Å²) in [4.78, 5) is 24.1. The molecule has 0 radical (unpaired) electrons. The lowest BCUT2D eigenvalue weighted by atomic mass is 10.4. The summed E-state index contributed by atoms with van der Waals surface area (Å²) in [5.41, 5.74) is 0. The van der Waals surface area contributed by atoms with Crippen LogP contribution in [-0.4, -0.2) is 17.7 Å². The van der Waals surface area contributed by atoms with E-state index >= 15 is 0 Å². The van der Waals surface area contributed by atoms with Gasteiger partial charge in [0.25, 0.3) is 5.91 Å². The first-order chi connectivity index (χ1) is 4.29. The molecular formula is C5H4N2O2. The molecule has 0 saturated heterocycles. The lowest BCUT2D eigenvalue weighted by Crippen LogP contribution is -2.17. The second-order valence-corrected chi connectivity index (χ2v) is 1.52.